The summed E-state index contributed by atoms with van der Waals surface area (Å²) in [6.45, 7) is 1.16. The van der Waals surface area contributed by atoms with E-state index in [1.807, 2.05) is 24.3 Å². The van der Waals surface area contributed by atoms with Crippen molar-refractivity contribution in [2.45, 2.75) is 44.7 Å². The minimum atomic E-state index is -0.528. The second-order valence-electron chi connectivity index (χ2n) is 6.82. The Morgan fingerprint density at radius 3 is 2.88 bits per heavy atom. The SMILES string of the molecule is COc1cccc(CNC(=O)[C@@H]2COC(=O)N2CC2CCCCC2)c1. The van der Waals surface area contributed by atoms with Crippen LogP contribution in [0.2, 0.25) is 0 Å². The molecule has 1 saturated carbocycles. The van der Waals surface area contributed by atoms with E-state index < -0.39 is 6.04 Å². The highest BCUT2D eigenvalue weighted by Crippen LogP contribution is 2.26. The van der Waals surface area contributed by atoms with Crippen molar-refractivity contribution in [2.24, 2.45) is 5.92 Å². The molecule has 0 bridgehead atoms. The Labute approximate surface area is 148 Å². The number of benzene rings is 1. The number of carbonyl (C=O) groups excluding carboxylic acids is 2. The summed E-state index contributed by atoms with van der Waals surface area (Å²) in [4.78, 5) is 26.2. The molecule has 2 aliphatic rings. The molecule has 0 spiro atoms. The van der Waals surface area contributed by atoms with Crippen molar-refractivity contribution < 1.29 is 19.1 Å². The maximum absolute atomic E-state index is 12.6. The lowest BCUT2D eigenvalue weighted by atomic mass is 9.89. The van der Waals surface area contributed by atoms with Gasteiger partial charge in [-0.2, -0.15) is 0 Å². The maximum atomic E-state index is 12.6. The monoisotopic (exact) mass is 346 g/mol. The van der Waals surface area contributed by atoms with Crippen LogP contribution >= 0.6 is 0 Å². The fourth-order valence-corrected chi connectivity index (χ4v) is 3.61. The van der Waals surface area contributed by atoms with Gasteiger partial charge in [0, 0.05) is 13.1 Å². The molecule has 1 aliphatic carbocycles. The molecular weight excluding hydrogens is 320 g/mol. The Kier molecular flexibility index (Phi) is 5.79. The highest BCUT2D eigenvalue weighted by Gasteiger charge is 2.39. The predicted molar refractivity (Wildman–Crippen MR) is 93.3 cm³/mol. The first-order valence-electron chi connectivity index (χ1n) is 9.01. The molecule has 0 radical (unpaired) electrons. The first kappa shape index (κ1) is 17.6. The van der Waals surface area contributed by atoms with Gasteiger partial charge in [0.05, 0.1) is 7.11 Å². The molecule has 0 aromatic heterocycles. The van der Waals surface area contributed by atoms with Gasteiger partial charge < -0.3 is 14.8 Å². The first-order valence-corrected chi connectivity index (χ1v) is 9.01. The van der Waals surface area contributed by atoms with Gasteiger partial charge in [0.1, 0.15) is 18.4 Å². The molecule has 2 amide bonds. The van der Waals surface area contributed by atoms with Gasteiger partial charge in [-0.1, -0.05) is 31.4 Å². The van der Waals surface area contributed by atoms with Crippen LogP contribution in [0.4, 0.5) is 4.79 Å². The summed E-state index contributed by atoms with van der Waals surface area (Å²) in [5, 5.41) is 2.91. The number of rotatable bonds is 6. The molecule has 6 heteroatoms. The lowest BCUT2D eigenvalue weighted by Crippen LogP contribution is -2.47. The van der Waals surface area contributed by atoms with Crippen molar-refractivity contribution in [2.75, 3.05) is 20.3 Å². The normalized spacial score (nSPS) is 21.1. The molecule has 1 atom stereocenters. The van der Waals surface area contributed by atoms with Crippen LogP contribution in [0, 0.1) is 5.92 Å². The van der Waals surface area contributed by atoms with E-state index in [1.54, 1.807) is 12.0 Å². The molecule has 1 aliphatic heterocycles. The van der Waals surface area contributed by atoms with E-state index in [4.69, 9.17) is 9.47 Å². The van der Waals surface area contributed by atoms with Gasteiger partial charge in [0.15, 0.2) is 0 Å². The van der Waals surface area contributed by atoms with E-state index in [9.17, 15) is 9.59 Å². The topological polar surface area (TPSA) is 67.9 Å². The minimum absolute atomic E-state index is 0.134. The summed E-state index contributed by atoms with van der Waals surface area (Å²) in [7, 11) is 1.61. The van der Waals surface area contributed by atoms with Gasteiger partial charge in [-0.15, -0.1) is 0 Å². The molecule has 1 N–H and O–H groups in total. The van der Waals surface area contributed by atoms with E-state index in [-0.39, 0.29) is 18.6 Å². The number of nitrogens with one attached hydrogen (secondary N) is 1. The quantitative estimate of drug-likeness (QED) is 0.860. The third-order valence-electron chi connectivity index (χ3n) is 5.06. The third kappa shape index (κ3) is 4.44. The molecule has 136 valence electrons. The highest BCUT2D eigenvalue weighted by molar-refractivity contribution is 5.87. The van der Waals surface area contributed by atoms with E-state index in [0.717, 1.165) is 24.2 Å². The van der Waals surface area contributed by atoms with Crippen LogP contribution in [0.3, 0.4) is 0 Å². The van der Waals surface area contributed by atoms with Crippen molar-refractivity contribution in [3.8, 4) is 5.75 Å². The zero-order chi connectivity index (χ0) is 17.6. The van der Waals surface area contributed by atoms with Crippen molar-refractivity contribution in [1.82, 2.24) is 10.2 Å². The number of carbonyl (C=O) groups is 2. The van der Waals surface area contributed by atoms with E-state index >= 15 is 0 Å². The Morgan fingerprint density at radius 1 is 1.32 bits per heavy atom. The number of hydrogen-bond acceptors (Lipinski definition) is 4. The molecule has 1 aromatic rings. The summed E-state index contributed by atoms with van der Waals surface area (Å²) in [6.07, 6.45) is 5.57. The van der Waals surface area contributed by atoms with Crippen molar-refractivity contribution >= 4 is 12.0 Å². The van der Waals surface area contributed by atoms with Crippen LogP contribution in [-0.2, 0) is 16.1 Å². The van der Waals surface area contributed by atoms with Gasteiger partial charge in [-0.05, 0) is 36.5 Å². The van der Waals surface area contributed by atoms with E-state index in [1.165, 1.54) is 19.3 Å². The average molecular weight is 346 g/mol. The van der Waals surface area contributed by atoms with Crippen LogP contribution in [0.1, 0.15) is 37.7 Å². The zero-order valence-corrected chi connectivity index (χ0v) is 14.7. The molecule has 1 saturated heterocycles. The Hall–Kier alpha value is -2.24. The Balaban J connectivity index is 1.56. The van der Waals surface area contributed by atoms with Gasteiger partial charge in [0.25, 0.3) is 0 Å². The van der Waals surface area contributed by atoms with Crippen LogP contribution in [-0.4, -0.2) is 43.2 Å². The van der Waals surface area contributed by atoms with Crippen molar-refractivity contribution in [3.05, 3.63) is 29.8 Å². The van der Waals surface area contributed by atoms with Gasteiger partial charge >= 0.3 is 6.09 Å². The molecular formula is C19H26N2O4. The fraction of sp³-hybridized carbons (Fsp3) is 0.579. The summed E-state index contributed by atoms with van der Waals surface area (Å²) in [5.41, 5.74) is 0.955. The lowest BCUT2D eigenvalue weighted by Gasteiger charge is -2.28. The summed E-state index contributed by atoms with van der Waals surface area (Å²) in [6, 6.07) is 7.04. The zero-order valence-electron chi connectivity index (χ0n) is 14.7. The summed E-state index contributed by atoms with van der Waals surface area (Å²) < 4.78 is 10.3. The van der Waals surface area contributed by atoms with E-state index in [0.29, 0.717) is 19.0 Å². The van der Waals surface area contributed by atoms with Crippen LogP contribution in [0.25, 0.3) is 0 Å². The smallest absolute Gasteiger partial charge is 0.410 e. The van der Waals surface area contributed by atoms with Crippen LogP contribution < -0.4 is 10.1 Å². The van der Waals surface area contributed by atoms with Crippen LogP contribution in [0.5, 0.6) is 5.75 Å². The van der Waals surface area contributed by atoms with Crippen LogP contribution in [0.15, 0.2) is 24.3 Å². The van der Waals surface area contributed by atoms with Crippen molar-refractivity contribution in [3.63, 3.8) is 0 Å². The lowest BCUT2D eigenvalue weighted by molar-refractivity contribution is -0.125. The Morgan fingerprint density at radius 2 is 2.12 bits per heavy atom. The van der Waals surface area contributed by atoms with E-state index in [2.05, 4.69) is 5.32 Å². The molecule has 2 fully saturated rings. The predicted octanol–water partition coefficient (Wildman–Crippen LogP) is 2.71. The Bertz CT molecular complexity index is 613. The molecule has 3 rings (SSSR count). The molecule has 1 aromatic carbocycles. The third-order valence-corrected chi connectivity index (χ3v) is 5.06. The number of cyclic esters (lactones) is 1. The molecule has 1 heterocycles. The largest absolute Gasteiger partial charge is 0.497 e. The first-order chi connectivity index (χ1) is 12.2. The van der Waals surface area contributed by atoms with Gasteiger partial charge in [0.2, 0.25) is 5.91 Å². The maximum Gasteiger partial charge on any atom is 0.410 e. The number of hydrogen-bond donors (Lipinski definition) is 1. The molecule has 6 nitrogen and oxygen atoms in total. The summed E-state index contributed by atoms with van der Waals surface area (Å²) >= 11 is 0. The van der Waals surface area contributed by atoms with Gasteiger partial charge in [-0.3, -0.25) is 9.69 Å². The highest BCUT2D eigenvalue weighted by atomic mass is 16.6. The second-order valence-corrected chi connectivity index (χ2v) is 6.82. The fourth-order valence-electron chi connectivity index (χ4n) is 3.61. The number of nitrogens with zero attached hydrogens (tertiary/aromatic N) is 1. The average Bonchev–Trinajstić information content (AvgIpc) is 3.01. The molecule has 25 heavy (non-hydrogen) atoms. The minimum Gasteiger partial charge on any atom is -0.497 e. The summed E-state index contributed by atoms with van der Waals surface area (Å²) in [5.74, 6) is 1.07. The van der Waals surface area contributed by atoms with Gasteiger partial charge in [-0.25, -0.2) is 4.79 Å². The number of ether oxygens (including phenoxy) is 2. The van der Waals surface area contributed by atoms with Crippen molar-refractivity contribution in [1.29, 1.82) is 0 Å². The number of methoxy groups -OCH3 is 1. The second kappa shape index (κ2) is 8.23. The standard InChI is InChI=1S/C19H26N2O4/c1-24-16-9-5-8-15(10-16)11-20-18(22)17-13-25-19(23)21(17)12-14-6-3-2-4-7-14/h5,8-10,14,17H,2-4,6-7,11-13H2,1H3,(H,20,22)/t17-/m0/s1. The molecule has 0 unspecified atom stereocenters. The number of amides is 2.